The van der Waals surface area contributed by atoms with E-state index in [1.807, 2.05) is 18.2 Å². The van der Waals surface area contributed by atoms with E-state index in [2.05, 4.69) is 28.1 Å². The third kappa shape index (κ3) is 2.89. The second-order valence-electron chi connectivity index (χ2n) is 5.08. The van der Waals surface area contributed by atoms with Crippen molar-refractivity contribution >= 4 is 23.2 Å². The Morgan fingerprint density at radius 1 is 1.14 bits per heavy atom. The third-order valence-corrected chi connectivity index (χ3v) is 4.32. The molecule has 0 N–H and O–H groups in total. The maximum atomic E-state index is 9.24. The Morgan fingerprint density at radius 3 is 2.62 bits per heavy atom. The van der Waals surface area contributed by atoms with Crippen molar-refractivity contribution in [1.82, 2.24) is 9.88 Å². The van der Waals surface area contributed by atoms with Gasteiger partial charge in [0.25, 0.3) is 0 Å². The zero-order valence-corrected chi connectivity index (χ0v) is 12.8. The molecule has 0 radical (unpaired) electrons. The minimum Gasteiger partial charge on any atom is -0.294 e. The van der Waals surface area contributed by atoms with Crippen LogP contribution in [0.5, 0.6) is 0 Å². The van der Waals surface area contributed by atoms with E-state index in [9.17, 15) is 5.26 Å². The Labute approximate surface area is 133 Å². The zero-order chi connectivity index (χ0) is 14.8. The molecule has 0 saturated heterocycles. The van der Waals surface area contributed by atoms with E-state index < -0.39 is 0 Å². The molecule has 0 saturated carbocycles. The normalized spacial score (nSPS) is 14.5. The molecule has 0 fully saturated rings. The van der Waals surface area contributed by atoms with Crippen LogP contribution in [-0.2, 0) is 19.5 Å². The fourth-order valence-electron chi connectivity index (χ4n) is 2.71. The SMILES string of the molecule is N#Cc1c(Cl)nc(Cl)c2c1CCN(Cc1ccccc1)C2. The lowest BCUT2D eigenvalue weighted by Gasteiger charge is -2.29. The van der Waals surface area contributed by atoms with Crippen molar-refractivity contribution < 1.29 is 0 Å². The molecular formula is C16H13Cl2N3. The molecule has 3 nitrogen and oxygen atoms in total. The van der Waals surface area contributed by atoms with Crippen LogP contribution < -0.4 is 0 Å². The zero-order valence-electron chi connectivity index (χ0n) is 11.3. The van der Waals surface area contributed by atoms with Crippen LogP contribution in [0.3, 0.4) is 0 Å². The molecule has 0 aliphatic carbocycles. The number of nitrogens with zero attached hydrogens (tertiary/aromatic N) is 3. The first-order valence-corrected chi connectivity index (χ1v) is 7.47. The summed E-state index contributed by atoms with van der Waals surface area (Å²) in [5, 5.41) is 9.85. The van der Waals surface area contributed by atoms with E-state index in [4.69, 9.17) is 23.2 Å². The van der Waals surface area contributed by atoms with Crippen LogP contribution in [0.25, 0.3) is 0 Å². The summed E-state index contributed by atoms with van der Waals surface area (Å²) in [5.41, 5.74) is 3.61. The Bertz CT molecular complexity index is 708. The fourth-order valence-corrected chi connectivity index (χ4v) is 3.25. The Morgan fingerprint density at radius 2 is 1.90 bits per heavy atom. The molecule has 5 heteroatoms. The van der Waals surface area contributed by atoms with Crippen LogP contribution in [0.1, 0.15) is 22.3 Å². The molecule has 1 aromatic carbocycles. The quantitative estimate of drug-likeness (QED) is 0.790. The monoisotopic (exact) mass is 317 g/mol. The molecule has 0 atom stereocenters. The highest BCUT2D eigenvalue weighted by Gasteiger charge is 2.24. The summed E-state index contributed by atoms with van der Waals surface area (Å²) in [5.74, 6) is 0. The van der Waals surface area contributed by atoms with Gasteiger partial charge in [0.1, 0.15) is 16.4 Å². The van der Waals surface area contributed by atoms with Gasteiger partial charge in [-0.2, -0.15) is 5.26 Å². The number of hydrogen-bond donors (Lipinski definition) is 0. The molecule has 2 aromatic rings. The fraction of sp³-hybridized carbons (Fsp3) is 0.250. The van der Waals surface area contributed by atoms with Gasteiger partial charge in [0.05, 0.1) is 5.56 Å². The van der Waals surface area contributed by atoms with E-state index in [0.29, 0.717) is 17.3 Å². The number of benzene rings is 1. The number of halogens is 2. The average Bonchev–Trinajstić information content (AvgIpc) is 2.49. The minimum absolute atomic E-state index is 0.206. The van der Waals surface area contributed by atoms with Crippen LogP contribution in [0.15, 0.2) is 30.3 Å². The summed E-state index contributed by atoms with van der Waals surface area (Å²) >= 11 is 12.2. The molecular weight excluding hydrogens is 305 g/mol. The molecule has 1 aliphatic heterocycles. The molecule has 1 aromatic heterocycles. The van der Waals surface area contributed by atoms with Crippen LogP contribution in [-0.4, -0.2) is 16.4 Å². The molecule has 0 bridgehead atoms. The standard InChI is InChI=1S/C16H13Cl2N3/c17-15-13(8-19)12-6-7-21(10-14(12)16(18)20-15)9-11-4-2-1-3-5-11/h1-5H,6-7,9-10H2. The smallest absolute Gasteiger partial charge is 0.148 e. The third-order valence-electron chi connectivity index (χ3n) is 3.74. The first-order valence-electron chi connectivity index (χ1n) is 6.72. The van der Waals surface area contributed by atoms with Gasteiger partial charge in [-0.1, -0.05) is 53.5 Å². The Hall–Kier alpha value is -1.60. The first kappa shape index (κ1) is 14.3. The van der Waals surface area contributed by atoms with Crippen LogP contribution in [0.4, 0.5) is 0 Å². The largest absolute Gasteiger partial charge is 0.294 e. The number of pyridine rings is 1. The van der Waals surface area contributed by atoms with Crippen molar-refractivity contribution in [1.29, 1.82) is 5.26 Å². The van der Waals surface area contributed by atoms with Crippen LogP contribution >= 0.6 is 23.2 Å². The number of nitriles is 1. The number of hydrogen-bond acceptors (Lipinski definition) is 3. The Balaban J connectivity index is 1.88. The van der Waals surface area contributed by atoms with Gasteiger partial charge in [0.2, 0.25) is 0 Å². The number of rotatable bonds is 2. The van der Waals surface area contributed by atoms with Gasteiger partial charge in [-0.05, 0) is 17.5 Å². The summed E-state index contributed by atoms with van der Waals surface area (Å²) < 4.78 is 0. The molecule has 0 amide bonds. The molecule has 0 unspecified atom stereocenters. The second kappa shape index (κ2) is 6.03. The maximum absolute atomic E-state index is 9.24. The van der Waals surface area contributed by atoms with E-state index >= 15 is 0 Å². The van der Waals surface area contributed by atoms with E-state index in [-0.39, 0.29) is 5.15 Å². The minimum atomic E-state index is 0.206. The lowest BCUT2D eigenvalue weighted by atomic mass is 9.97. The molecule has 3 rings (SSSR count). The van der Waals surface area contributed by atoms with Crippen molar-refractivity contribution in [3.8, 4) is 6.07 Å². The lowest BCUT2D eigenvalue weighted by molar-refractivity contribution is 0.245. The first-order chi connectivity index (χ1) is 10.2. The molecule has 106 valence electrons. The van der Waals surface area contributed by atoms with Gasteiger partial charge in [-0.25, -0.2) is 4.98 Å². The predicted octanol–water partition coefficient (Wildman–Crippen LogP) is 3.82. The van der Waals surface area contributed by atoms with Gasteiger partial charge < -0.3 is 0 Å². The highest BCUT2D eigenvalue weighted by Crippen LogP contribution is 2.31. The second-order valence-corrected chi connectivity index (χ2v) is 5.80. The molecule has 0 spiro atoms. The van der Waals surface area contributed by atoms with Gasteiger partial charge >= 0.3 is 0 Å². The average molecular weight is 318 g/mol. The predicted molar refractivity (Wildman–Crippen MR) is 83.2 cm³/mol. The topological polar surface area (TPSA) is 39.9 Å². The van der Waals surface area contributed by atoms with Gasteiger partial charge in [0.15, 0.2) is 0 Å². The molecule has 1 aliphatic rings. The lowest BCUT2D eigenvalue weighted by Crippen LogP contribution is -2.31. The summed E-state index contributed by atoms with van der Waals surface area (Å²) in [6.07, 6.45) is 0.771. The summed E-state index contributed by atoms with van der Waals surface area (Å²) in [6, 6.07) is 12.4. The number of fused-ring (bicyclic) bond motifs is 1. The van der Waals surface area contributed by atoms with Crippen molar-refractivity contribution in [2.75, 3.05) is 6.54 Å². The number of aromatic nitrogens is 1. The molecule has 2 heterocycles. The Kier molecular flexibility index (Phi) is 4.12. The highest BCUT2D eigenvalue weighted by atomic mass is 35.5. The van der Waals surface area contributed by atoms with Gasteiger partial charge in [-0.15, -0.1) is 0 Å². The van der Waals surface area contributed by atoms with Gasteiger partial charge in [-0.3, -0.25) is 4.90 Å². The van der Waals surface area contributed by atoms with Crippen molar-refractivity contribution in [3.63, 3.8) is 0 Å². The maximum Gasteiger partial charge on any atom is 0.148 e. The summed E-state index contributed by atoms with van der Waals surface area (Å²) in [6.45, 7) is 2.44. The van der Waals surface area contributed by atoms with Gasteiger partial charge in [0, 0.05) is 25.2 Å². The highest BCUT2D eigenvalue weighted by molar-refractivity contribution is 6.33. The van der Waals surface area contributed by atoms with Crippen LogP contribution in [0.2, 0.25) is 10.3 Å². The van der Waals surface area contributed by atoms with E-state index in [1.165, 1.54) is 5.56 Å². The van der Waals surface area contributed by atoms with Crippen molar-refractivity contribution in [3.05, 3.63) is 62.9 Å². The van der Waals surface area contributed by atoms with E-state index in [1.54, 1.807) is 0 Å². The van der Waals surface area contributed by atoms with Crippen molar-refractivity contribution in [2.45, 2.75) is 19.5 Å². The van der Waals surface area contributed by atoms with Crippen LogP contribution in [0, 0.1) is 11.3 Å². The summed E-state index contributed by atoms with van der Waals surface area (Å²) in [7, 11) is 0. The summed E-state index contributed by atoms with van der Waals surface area (Å²) in [4.78, 5) is 6.39. The van der Waals surface area contributed by atoms with E-state index in [0.717, 1.165) is 30.6 Å². The molecule has 21 heavy (non-hydrogen) atoms. The van der Waals surface area contributed by atoms with Crippen molar-refractivity contribution in [2.24, 2.45) is 0 Å².